The van der Waals surface area contributed by atoms with Gasteiger partial charge in [-0.05, 0) is 43.5 Å². The van der Waals surface area contributed by atoms with Gasteiger partial charge < -0.3 is 4.57 Å². The standard InChI is InChI=1S/C17H19FN2O3S/c1-13(14-4-6-15(18)7-5-14)20-12-16(8-9-17(20)21)24(22,23)19-10-2-3-11-19/h4-9,12-13H,2-3,10-11H2,1H3. The predicted octanol–water partition coefficient (Wildman–Crippen LogP) is 2.38. The molecule has 1 aliphatic heterocycles. The molecule has 1 aliphatic rings. The molecule has 2 heterocycles. The Balaban J connectivity index is 2.00. The van der Waals surface area contributed by atoms with Crippen LogP contribution in [0.25, 0.3) is 0 Å². The Labute approximate surface area is 140 Å². The minimum atomic E-state index is -3.59. The van der Waals surface area contributed by atoms with E-state index in [4.69, 9.17) is 0 Å². The Morgan fingerprint density at radius 2 is 1.67 bits per heavy atom. The summed E-state index contributed by atoms with van der Waals surface area (Å²) in [4.78, 5) is 12.3. The molecule has 0 radical (unpaired) electrons. The second-order valence-corrected chi connectivity index (χ2v) is 7.89. The molecule has 1 fully saturated rings. The van der Waals surface area contributed by atoms with Crippen LogP contribution in [-0.2, 0) is 10.0 Å². The largest absolute Gasteiger partial charge is 0.307 e. The molecule has 0 N–H and O–H groups in total. The maximum Gasteiger partial charge on any atom is 0.251 e. The predicted molar refractivity (Wildman–Crippen MR) is 88.9 cm³/mol. The van der Waals surface area contributed by atoms with Gasteiger partial charge in [-0.3, -0.25) is 4.79 Å². The van der Waals surface area contributed by atoms with Crippen LogP contribution in [0.4, 0.5) is 4.39 Å². The molecule has 1 saturated heterocycles. The summed E-state index contributed by atoms with van der Waals surface area (Å²) < 4.78 is 41.2. The van der Waals surface area contributed by atoms with Crippen LogP contribution in [0.3, 0.4) is 0 Å². The highest BCUT2D eigenvalue weighted by molar-refractivity contribution is 7.89. The van der Waals surface area contributed by atoms with Gasteiger partial charge in [-0.25, -0.2) is 12.8 Å². The van der Waals surface area contributed by atoms with Crippen LogP contribution in [0.2, 0.25) is 0 Å². The van der Waals surface area contributed by atoms with Crippen LogP contribution >= 0.6 is 0 Å². The molecule has 128 valence electrons. The molecule has 1 aromatic carbocycles. The fourth-order valence-electron chi connectivity index (χ4n) is 2.92. The highest BCUT2D eigenvalue weighted by Crippen LogP contribution is 2.22. The summed E-state index contributed by atoms with van der Waals surface area (Å²) in [5.41, 5.74) is 0.432. The molecule has 3 rings (SSSR count). The summed E-state index contributed by atoms with van der Waals surface area (Å²) in [5.74, 6) is -0.358. The summed E-state index contributed by atoms with van der Waals surface area (Å²) in [7, 11) is -3.59. The number of pyridine rings is 1. The zero-order chi connectivity index (χ0) is 17.3. The minimum Gasteiger partial charge on any atom is -0.307 e. The number of halogens is 1. The van der Waals surface area contributed by atoms with Crippen molar-refractivity contribution in [2.45, 2.75) is 30.7 Å². The average molecular weight is 350 g/mol. The second-order valence-electron chi connectivity index (χ2n) is 5.95. The third kappa shape index (κ3) is 3.14. The zero-order valence-corrected chi connectivity index (χ0v) is 14.2. The average Bonchev–Trinajstić information content (AvgIpc) is 3.10. The lowest BCUT2D eigenvalue weighted by Gasteiger charge is -2.19. The third-order valence-electron chi connectivity index (χ3n) is 4.38. The van der Waals surface area contributed by atoms with Gasteiger partial charge in [-0.2, -0.15) is 4.31 Å². The Kier molecular flexibility index (Phi) is 4.56. The fourth-order valence-corrected chi connectivity index (χ4v) is 4.44. The van der Waals surface area contributed by atoms with Gasteiger partial charge in [-0.15, -0.1) is 0 Å². The van der Waals surface area contributed by atoms with E-state index in [2.05, 4.69) is 0 Å². The van der Waals surface area contributed by atoms with Crippen LogP contribution in [0.15, 0.2) is 52.3 Å². The van der Waals surface area contributed by atoms with Gasteiger partial charge in [-0.1, -0.05) is 12.1 Å². The first kappa shape index (κ1) is 16.9. The van der Waals surface area contributed by atoms with Crippen molar-refractivity contribution in [3.63, 3.8) is 0 Å². The van der Waals surface area contributed by atoms with Gasteiger partial charge >= 0.3 is 0 Å². The summed E-state index contributed by atoms with van der Waals surface area (Å²) in [6.45, 7) is 2.80. The number of rotatable bonds is 4. The molecule has 1 aromatic heterocycles. The number of sulfonamides is 1. The number of hydrogen-bond acceptors (Lipinski definition) is 3. The van der Waals surface area contributed by atoms with Crippen LogP contribution < -0.4 is 5.56 Å². The molecule has 0 amide bonds. The molecular weight excluding hydrogens is 331 g/mol. The summed E-state index contributed by atoms with van der Waals surface area (Å²) in [6.07, 6.45) is 3.08. The first-order valence-corrected chi connectivity index (χ1v) is 9.31. The van der Waals surface area contributed by atoms with E-state index in [0.29, 0.717) is 13.1 Å². The van der Waals surface area contributed by atoms with Crippen LogP contribution in [0, 0.1) is 5.82 Å². The van der Waals surface area contributed by atoms with E-state index in [-0.39, 0.29) is 16.3 Å². The quantitative estimate of drug-likeness (QED) is 0.851. The highest BCUT2D eigenvalue weighted by Gasteiger charge is 2.28. The first-order valence-electron chi connectivity index (χ1n) is 7.87. The number of aromatic nitrogens is 1. The van der Waals surface area contributed by atoms with Crippen molar-refractivity contribution in [1.82, 2.24) is 8.87 Å². The van der Waals surface area contributed by atoms with Crippen molar-refractivity contribution in [1.29, 1.82) is 0 Å². The van der Waals surface area contributed by atoms with Crippen molar-refractivity contribution in [3.8, 4) is 0 Å². The van der Waals surface area contributed by atoms with E-state index >= 15 is 0 Å². The van der Waals surface area contributed by atoms with E-state index < -0.39 is 16.1 Å². The fraction of sp³-hybridized carbons (Fsp3) is 0.353. The smallest absolute Gasteiger partial charge is 0.251 e. The molecule has 0 bridgehead atoms. The van der Waals surface area contributed by atoms with Gasteiger partial charge in [0.1, 0.15) is 5.82 Å². The highest BCUT2D eigenvalue weighted by atomic mass is 32.2. The molecular formula is C17H19FN2O3S. The van der Waals surface area contributed by atoms with Crippen LogP contribution in [0.5, 0.6) is 0 Å². The summed E-state index contributed by atoms with van der Waals surface area (Å²) in [5, 5.41) is 0. The van der Waals surface area contributed by atoms with Crippen molar-refractivity contribution in [2.24, 2.45) is 0 Å². The molecule has 7 heteroatoms. The third-order valence-corrected chi connectivity index (χ3v) is 6.27. The molecule has 0 aliphatic carbocycles. The monoisotopic (exact) mass is 350 g/mol. The lowest BCUT2D eigenvalue weighted by molar-refractivity contribution is 0.475. The lowest BCUT2D eigenvalue weighted by Crippen LogP contribution is -2.30. The minimum absolute atomic E-state index is 0.109. The molecule has 2 aromatic rings. The maximum atomic E-state index is 13.1. The maximum absolute atomic E-state index is 13.1. The lowest BCUT2D eigenvalue weighted by atomic mass is 10.1. The Bertz CT molecular complexity index is 885. The normalized spacial score (nSPS) is 17.1. The molecule has 5 nitrogen and oxygen atoms in total. The Hall–Kier alpha value is -1.99. The van der Waals surface area contributed by atoms with Crippen molar-refractivity contribution >= 4 is 10.0 Å². The van der Waals surface area contributed by atoms with Crippen molar-refractivity contribution in [2.75, 3.05) is 13.1 Å². The number of nitrogens with zero attached hydrogens (tertiary/aromatic N) is 2. The summed E-state index contributed by atoms with van der Waals surface area (Å²) >= 11 is 0. The molecule has 1 atom stereocenters. The van der Waals surface area contributed by atoms with Gasteiger partial charge in [0, 0.05) is 25.4 Å². The van der Waals surface area contributed by atoms with Crippen molar-refractivity contribution < 1.29 is 12.8 Å². The molecule has 1 unspecified atom stereocenters. The molecule has 24 heavy (non-hydrogen) atoms. The second kappa shape index (κ2) is 6.49. The summed E-state index contributed by atoms with van der Waals surface area (Å²) in [6, 6.07) is 8.05. The topological polar surface area (TPSA) is 59.4 Å². The van der Waals surface area contributed by atoms with E-state index in [0.717, 1.165) is 18.4 Å². The van der Waals surface area contributed by atoms with E-state index in [1.54, 1.807) is 19.1 Å². The Morgan fingerprint density at radius 3 is 2.29 bits per heavy atom. The van der Waals surface area contributed by atoms with Gasteiger partial charge in [0.2, 0.25) is 10.0 Å². The van der Waals surface area contributed by atoms with E-state index in [1.807, 2.05) is 0 Å². The first-order chi connectivity index (χ1) is 11.4. The van der Waals surface area contributed by atoms with Gasteiger partial charge in [0.15, 0.2) is 0 Å². The number of benzene rings is 1. The van der Waals surface area contributed by atoms with Gasteiger partial charge in [0.25, 0.3) is 5.56 Å². The van der Waals surface area contributed by atoms with Crippen molar-refractivity contribution in [3.05, 3.63) is 64.3 Å². The van der Waals surface area contributed by atoms with E-state index in [1.165, 1.54) is 39.3 Å². The SMILES string of the molecule is CC(c1ccc(F)cc1)n1cc(S(=O)(=O)N2CCCC2)ccc1=O. The molecule has 0 spiro atoms. The number of hydrogen-bond donors (Lipinski definition) is 0. The van der Waals surface area contributed by atoms with Crippen LogP contribution in [0.1, 0.15) is 31.4 Å². The van der Waals surface area contributed by atoms with E-state index in [9.17, 15) is 17.6 Å². The van der Waals surface area contributed by atoms with Crippen LogP contribution in [-0.4, -0.2) is 30.4 Å². The molecule has 0 saturated carbocycles. The Morgan fingerprint density at radius 1 is 1.04 bits per heavy atom. The zero-order valence-electron chi connectivity index (χ0n) is 13.4. The van der Waals surface area contributed by atoms with Gasteiger partial charge in [0.05, 0.1) is 10.9 Å².